The van der Waals surface area contributed by atoms with Crippen LogP contribution in [0.5, 0.6) is 0 Å². The molecule has 2 aromatic rings. The van der Waals surface area contributed by atoms with E-state index in [9.17, 15) is 0 Å². The van der Waals surface area contributed by atoms with Crippen LogP contribution in [0.25, 0.3) is 10.9 Å². The van der Waals surface area contributed by atoms with Crippen LogP contribution in [-0.2, 0) is 4.74 Å². The van der Waals surface area contributed by atoms with E-state index in [1.54, 1.807) is 13.3 Å². The number of aromatic nitrogens is 1. The minimum atomic E-state index is 0.704. The lowest BCUT2D eigenvalue weighted by Crippen LogP contribution is -2.22. The summed E-state index contributed by atoms with van der Waals surface area (Å²) in [6.07, 6.45) is 1.81. The van der Waals surface area contributed by atoms with E-state index in [1.165, 1.54) is 0 Å². The number of methoxy groups -OCH3 is 1. The number of nitrogens with two attached hydrogens (primary N) is 1. The van der Waals surface area contributed by atoms with Gasteiger partial charge in [-0.3, -0.25) is 4.98 Å². The minimum Gasteiger partial charge on any atom is -0.399 e. The van der Waals surface area contributed by atoms with Gasteiger partial charge in [-0.25, -0.2) is 0 Å². The molecule has 0 aliphatic rings. The molecule has 1 heterocycles. The van der Waals surface area contributed by atoms with Crippen LogP contribution in [0.1, 0.15) is 0 Å². The lowest BCUT2D eigenvalue weighted by molar-refractivity contribution is 0.206. The van der Waals surface area contributed by atoms with Crippen LogP contribution in [0.3, 0.4) is 0 Å². The lowest BCUT2D eigenvalue weighted by atomic mass is 10.1. The number of pyridine rings is 1. The zero-order valence-corrected chi connectivity index (χ0v) is 10.2. The molecule has 4 nitrogen and oxygen atoms in total. The number of likely N-dealkylation sites (N-methyl/N-ethyl adjacent to an activating group) is 1. The van der Waals surface area contributed by atoms with Gasteiger partial charge in [-0.2, -0.15) is 0 Å². The van der Waals surface area contributed by atoms with Crippen molar-refractivity contribution in [1.29, 1.82) is 0 Å². The molecule has 0 amide bonds. The van der Waals surface area contributed by atoms with Crippen molar-refractivity contribution in [3.05, 3.63) is 30.5 Å². The average molecular weight is 231 g/mol. The molecule has 4 heteroatoms. The summed E-state index contributed by atoms with van der Waals surface area (Å²) >= 11 is 0. The summed E-state index contributed by atoms with van der Waals surface area (Å²) in [5.74, 6) is 0. The fourth-order valence-electron chi connectivity index (χ4n) is 1.83. The van der Waals surface area contributed by atoms with Gasteiger partial charge in [0.2, 0.25) is 0 Å². The summed E-state index contributed by atoms with van der Waals surface area (Å²) in [4.78, 5) is 6.48. The molecular weight excluding hydrogens is 214 g/mol. The highest BCUT2D eigenvalue weighted by Gasteiger charge is 2.06. The van der Waals surface area contributed by atoms with Crippen molar-refractivity contribution >= 4 is 22.3 Å². The van der Waals surface area contributed by atoms with E-state index in [-0.39, 0.29) is 0 Å². The molecule has 0 fully saturated rings. The molecule has 0 aliphatic carbocycles. The second-order valence-electron chi connectivity index (χ2n) is 4.02. The second kappa shape index (κ2) is 5.01. The van der Waals surface area contributed by atoms with Gasteiger partial charge in [-0.1, -0.05) is 0 Å². The Hall–Kier alpha value is -1.81. The van der Waals surface area contributed by atoms with Crippen molar-refractivity contribution in [2.45, 2.75) is 0 Å². The number of nitrogens with zero attached hydrogens (tertiary/aromatic N) is 2. The van der Waals surface area contributed by atoms with Gasteiger partial charge in [0.1, 0.15) is 0 Å². The Labute approximate surface area is 101 Å². The Morgan fingerprint density at radius 1 is 1.35 bits per heavy atom. The van der Waals surface area contributed by atoms with E-state index >= 15 is 0 Å². The number of ether oxygens (including phenoxy) is 1. The zero-order valence-electron chi connectivity index (χ0n) is 10.2. The normalized spacial score (nSPS) is 10.7. The number of hydrogen-bond donors (Lipinski definition) is 1. The van der Waals surface area contributed by atoms with E-state index in [2.05, 4.69) is 9.88 Å². The summed E-state index contributed by atoms with van der Waals surface area (Å²) in [6.45, 7) is 1.55. The Morgan fingerprint density at radius 2 is 2.18 bits per heavy atom. The molecule has 90 valence electrons. The Kier molecular flexibility index (Phi) is 3.44. The van der Waals surface area contributed by atoms with Gasteiger partial charge in [0.05, 0.1) is 12.1 Å². The third kappa shape index (κ3) is 2.47. The summed E-state index contributed by atoms with van der Waals surface area (Å²) in [6, 6.07) is 7.81. The molecule has 0 saturated carbocycles. The molecule has 0 bridgehead atoms. The van der Waals surface area contributed by atoms with Crippen LogP contribution < -0.4 is 10.6 Å². The van der Waals surface area contributed by atoms with Gasteiger partial charge >= 0.3 is 0 Å². The molecule has 2 rings (SSSR count). The van der Waals surface area contributed by atoms with Crippen molar-refractivity contribution in [3.8, 4) is 0 Å². The first-order chi connectivity index (χ1) is 8.22. The zero-order chi connectivity index (χ0) is 12.3. The molecule has 1 aromatic heterocycles. The van der Waals surface area contributed by atoms with Crippen molar-refractivity contribution in [2.24, 2.45) is 0 Å². The van der Waals surface area contributed by atoms with E-state index in [0.717, 1.165) is 28.8 Å². The summed E-state index contributed by atoms with van der Waals surface area (Å²) < 4.78 is 5.09. The molecule has 0 aliphatic heterocycles. The summed E-state index contributed by atoms with van der Waals surface area (Å²) in [5, 5.41) is 1.11. The Morgan fingerprint density at radius 3 is 2.94 bits per heavy atom. The monoisotopic (exact) mass is 231 g/mol. The molecule has 0 saturated heterocycles. The topological polar surface area (TPSA) is 51.4 Å². The molecule has 0 radical (unpaired) electrons. The maximum absolute atomic E-state index is 5.76. The van der Waals surface area contributed by atoms with Crippen LogP contribution in [-0.4, -0.2) is 32.3 Å². The van der Waals surface area contributed by atoms with E-state index in [4.69, 9.17) is 10.5 Å². The Balaban J connectivity index is 2.40. The highest BCUT2D eigenvalue weighted by Crippen LogP contribution is 2.25. The first-order valence-corrected chi connectivity index (χ1v) is 5.56. The fraction of sp³-hybridized carbons (Fsp3) is 0.308. The third-order valence-electron chi connectivity index (χ3n) is 2.79. The second-order valence-corrected chi connectivity index (χ2v) is 4.02. The van der Waals surface area contributed by atoms with E-state index < -0.39 is 0 Å². The maximum Gasteiger partial charge on any atom is 0.0743 e. The highest BCUT2D eigenvalue weighted by atomic mass is 16.5. The van der Waals surface area contributed by atoms with Crippen LogP contribution in [0, 0.1) is 0 Å². The maximum atomic E-state index is 5.76. The molecule has 0 unspecified atom stereocenters. The summed E-state index contributed by atoms with van der Waals surface area (Å²) in [7, 11) is 3.75. The standard InChI is InChI=1S/C13H17N3O/c1-16(7-8-17-2)13-5-6-15-12-9-10(14)3-4-11(12)13/h3-6,9H,7-8,14H2,1-2H3. The number of hydrogen-bond acceptors (Lipinski definition) is 4. The van der Waals surface area contributed by atoms with Crippen LogP contribution >= 0.6 is 0 Å². The van der Waals surface area contributed by atoms with Crippen molar-refractivity contribution < 1.29 is 4.74 Å². The quantitative estimate of drug-likeness (QED) is 0.816. The molecule has 2 N–H and O–H groups in total. The molecule has 17 heavy (non-hydrogen) atoms. The smallest absolute Gasteiger partial charge is 0.0743 e. The summed E-state index contributed by atoms with van der Waals surface area (Å²) in [5.41, 5.74) is 8.56. The number of anilines is 2. The number of rotatable bonds is 4. The van der Waals surface area contributed by atoms with Crippen LogP contribution in [0.4, 0.5) is 11.4 Å². The average Bonchev–Trinajstić information content (AvgIpc) is 2.34. The van der Waals surface area contributed by atoms with Crippen LogP contribution in [0.2, 0.25) is 0 Å². The minimum absolute atomic E-state index is 0.704. The van der Waals surface area contributed by atoms with Crippen molar-refractivity contribution in [2.75, 3.05) is 37.9 Å². The predicted octanol–water partition coefficient (Wildman–Crippen LogP) is 1.90. The van der Waals surface area contributed by atoms with Crippen molar-refractivity contribution in [3.63, 3.8) is 0 Å². The van der Waals surface area contributed by atoms with Gasteiger partial charge in [-0.15, -0.1) is 0 Å². The number of fused-ring (bicyclic) bond motifs is 1. The van der Waals surface area contributed by atoms with E-state index in [0.29, 0.717) is 6.61 Å². The van der Waals surface area contributed by atoms with Gasteiger partial charge in [-0.05, 0) is 24.3 Å². The third-order valence-corrected chi connectivity index (χ3v) is 2.79. The highest BCUT2D eigenvalue weighted by molar-refractivity contribution is 5.93. The van der Waals surface area contributed by atoms with Gasteiger partial charge in [0.25, 0.3) is 0 Å². The first kappa shape index (κ1) is 11.7. The number of nitrogen functional groups attached to an aromatic ring is 1. The molecule has 0 spiro atoms. The molecule has 1 aromatic carbocycles. The van der Waals surface area contributed by atoms with Crippen molar-refractivity contribution in [1.82, 2.24) is 4.98 Å². The first-order valence-electron chi connectivity index (χ1n) is 5.56. The number of benzene rings is 1. The molecule has 0 atom stereocenters. The van der Waals surface area contributed by atoms with Gasteiger partial charge in [0, 0.05) is 43.7 Å². The lowest BCUT2D eigenvalue weighted by Gasteiger charge is -2.20. The SMILES string of the molecule is COCCN(C)c1ccnc2cc(N)ccc12. The Bertz CT molecular complexity index is 513. The van der Waals surface area contributed by atoms with Crippen LogP contribution in [0.15, 0.2) is 30.5 Å². The largest absolute Gasteiger partial charge is 0.399 e. The van der Waals surface area contributed by atoms with Gasteiger partial charge < -0.3 is 15.4 Å². The fourth-order valence-corrected chi connectivity index (χ4v) is 1.83. The predicted molar refractivity (Wildman–Crippen MR) is 71.3 cm³/mol. The van der Waals surface area contributed by atoms with E-state index in [1.807, 2.05) is 31.3 Å². The van der Waals surface area contributed by atoms with Gasteiger partial charge in [0.15, 0.2) is 0 Å². The molecular formula is C13H17N3O.